The number of rotatable bonds is 3. The van der Waals surface area contributed by atoms with Crippen molar-refractivity contribution in [1.29, 1.82) is 0 Å². The van der Waals surface area contributed by atoms with Crippen LogP contribution in [0.5, 0.6) is 0 Å². The number of hydrogen-bond donors (Lipinski definition) is 1. The molecule has 6 heteroatoms. The van der Waals surface area contributed by atoms with Gasteiger partial charge >= 0.3 is 0 Å². The van der Waals surface area contributed by atoms with Crippen LogP contribution in [0, 0.1) is 5.82 Å². The molecule has 1 aliphatic rings. The van der Waals surface area contributed by atoms with Crippen molar-refractivity contribution in [2.24, 2.45) is 0 Å². The zero-order valence-electron chi connectivity index (χ0n) is 15.0. The highest BCUT2D eigenvalue weighted by molar-refractivity contribution is 9.10. The molecule has 1 N–H and O–H groups in total. The SMILES string of the molecule is O=C1C(=O)N(c2ccc(Br)cc2)[C@@H](c2ccccc2F)C1=C(O)c1ccccc1. The van der Waals surface area contributed by atoms with Crippen molar-refractivity contribution in [2.75, 3.05) is 4.90 Å². The van der Waals surface area contributed by atoms with E-state index in [9.17, 15) is 19.1 Å². The van der Waals surface area contributed by atoms with Crippen LogP contribution in [0.15, 0.2) is 88.9 Å². The third-order valence-corrected chi connectivity index (χ3v) is 5.32. The van der Waals surface area contributed by atoms with Crippen molar-refractivity contribution < 1.29 is 19.1 Å². The highest BCUT2D eigenvalue weighted by atomic mass is 79.9. The third kappa shape index (κ3) is 3.36. The largest absolute Gasteiger partial charge is 0.507 e. The zero-order chi connectivity index (χ0) is 20.5. The van der Waals surface area contributed by atoms with Crippen LogP contribution in [-0.4, -0.2) is 16.8 Å². The maximum absolute atomic E-state index is 14.7. The summed E-state index contributed by atoms with van der Waals surface area (Å²) in [5.74, 6) is -2.59. The van der Waals surface area contributed by atoms with Crippen LogP contribution in [0.25, 0.3) is 5.76 Å². The van der Waals surface area contributed by atoms with Crippen LogP contribution in [0.1, 0.15) is 17.2 Å². The van der Waals surface area contributed by atoms with Gasteiger partial charge in [0.15, 0.2) is 0 Å². The standard InChI is InChI=1S/C23H15BrFNO3/c24-15-10-12-16(13-11-15)26-20(17-8-4-5-9-18(17)25)19(22(28)23(26)29)21(27)14-6-2-1-3-7-14/h1-13,20,27H/t20-/m0/s1. The zero-order valence-corrected chi connectivity index (χ0v) is 16.6. The number of aliphatic hydroxyl groups is 1. The van der Waals surface area contributed by atoms with Gasteiger partial charge in [0.1, 0.15) is 11.6 Å². The molecule has 1 saturated heterocycles. The van der Waals surface area contributed by atoms with Gasteiger partial charge < -0.3 is 5.11 Å². The Kier molecular flexibility index (Phi) is 5.03. The predicted octanol–water partition coefficient (Wildman–Crippen LogP) is 5.21. The van der Waals surface area contributed by atoms with E-state index in [1.165, 1.54) is 23.1 Å². The lowest BCUT2D eigenvalue weighted by atomic mass is 9.95. The molecule has 1 atom stereocenters. The molecule has 1 aliphatic heterocycles. The molecule has 0 saturated carbocycles. The average Bonchev–Trinajstić information content (AvgIpc) is 3.00. The maximum atomic E-state index is 14.7. The maximum Gasteiger partial charge on any atom is 0.300 e. The van der Waals surface area contributed by atoms with E-state index in [-0.39, 0.29) is 16.9 Å². The second kappa shape index (κ2) is 7.64. The molecule has 0 bridgehead atoms. The topological polar surface area (TPSA) is 57.6 Å². The number of carbonyl (C=O) groups excluding carboxylic acids is 2. The summed E-state index contributed by atoms with van der Waals surface area (Å²) in [6.07, 6.45) is 0. The number of aliphatic hydroxyl groups excluding tert-OH is 1. The summed E-state index contributed by atoms with van der Waals surface area (Å²) in [6, 6.07) is 20.0. The molecule has 0 spiro atoms. The van der Waals surface area contributed by atoms with E-state index < -0.39 is 23.5 Å². The molecule has 4 rings (SSSR count). The molecule has 0 aromatic heterocycles. The Hall–Kier alpha value is -3.25. The fraction of sp³-hybridized carbons (Fsp3) is 0.0435. The number of anilines is 1. The summed E-state index contributed by atoms with van der Waals surface area (Å²) >= 11 is 3.34. The minimum Gasteiger partial charge on any atom is -0.507 e. The van der Waals surface area contributed by atoms with Gasteiger partial charge in [0.2, 0.25) is 0 Å². The van der Waals surface area contributed by atoms with Gasteiger partial charge in [0.05, 0.1) is 11.6 Å². The Morgan fingerprint density at radius 1 is 0.897 bits per heavy atom. The number of benzene rings is 3. The van der Waals surface area contributed by atoms with Gasteiger partial charge in [-0.15, -0.1) is 0 Å². The summed E-state index contributed by atoms with van der Waals surface area (Å²) in [7, 11) is 0. The normalized spacial score (nSPS) is 18.3. The highest BCUT2D eigenvalue weighted by Gasteiger charge is 2.47. The highest BCUT2D eigenvalue weighted by Crippen LogP contribution is 2.42. The molecular weight excluding hydrogens is 437 g/mol. The first kappa shape index (κ1) is 19.1. The number of carbonyl (C=O) groups is 2. The van der Waals surface area contributed by atoms with Gasteiger partial charge in [-0.05, 0) is 30.3 Å². The van der Waals surface area contributed by atoms with E-state index in [0.29, 0.717) is 11.3 Å². The van der Waals surface area contributed by atoms with E-state index in [1.54, 1.807) is 60.7 Å². The fourth-order valence-corrected chi connectivity index (χ4v) is 3.71. The van der Waals surface area contributed by atoms with Gasteiger partial charge in [0, 0.05) is 21.3 Å². The summed E-state index contributed by atoms with van der Waals surface area (Å²) in [5.41, 5.74) is 0.791. The minimum absolute atomic E-state index is 0.132. The molecular formula is C23H15BrFNO3. The number of nitrogens with zero attached hydrogens (tertiary/aromatic N) is 1. The smallest absolute Gasteiger partial charge is 0.300 e. The minimum atomic E-state index is -1.09. The first-order valence-corrected chi connectivity index (χ1v) is 9.64. The number of amides is 1. The van der Waals surface area contributed by atoms with E-state index in [0.717, 1.165) is 4.47 Å². The quantitative estimate of drug-likeness (QED) is 0.337. The van der Waals surface area contributed by atoms with Crippen LogP contribution in [-0.2, 0) is 9.59 Å². The first-order valence-electron chi connectivity index (χ1n) is 8.85. The van der Waals surface area contributed by atoms with E-state index in [2.05, 4.69) is 15.9 Å². The van der Waals surface area contributed by atoms with E-state index in [1.807, 2.05) is 0 Å². The van der Waals surface area contributed by atoms with Crippen molar-refractivity contribution in [2.45, 2.75) is 6.04 Å². The lowest BCUT2D eigenvalue weighted by Crippen LogP contribution is -2.29. The Morgan fingerprint density at radius 3 is 2.17 bits per heavy atom. The summed E-state index contributed by atoms with van der Waals surface area (Å²) in [4.78, 5) is 27.1. The Bertz CT molecular complexity index is 1130. The van der Waals surface area contributed by atoms with Crippen molar-refractivity contribution >= 4 is 39.1 Å². The van der Waals surface area contributed by atoms with Crippen LogP contribution in [0.3, 0.4) is 0 Å². The van der Waals surface area contributed by atoms with Crippen molar-refractivity contribution in [3.05, 3.63) is 106 Å². The van der Waals surface area contributed by atoms with Gasteiger partial charge in [-0.1, -0.05) is 64.5 Å². The van der Waals surface area contributed by atoms with Crippen LogP contribution in [0.4, 0.5) is 10.1 Å². The molecule has 0 aliphatic carbocycles. The van der Waals surface area contributed by atoms with Crippen LogP contribution >= 0.6 is 15.9 Å². The van der Waals surface area contributed by atoms with Crippen molar-refractivity contribution in [3.63, 3.8) is 0 Å². The van der Waals surface area contributed by atoms with Gasteiger partial charge in [0.25, 0.3) is 11.7 Å². The summed E-state index contributed by atoms with van der Waals surface area (Å²) in [5, 5.41) is 10.9. The van der Waals surface area contributed by atoms with Gasteiger partial charge in [-0.25, -0.2) is 4.39 Å². The van der Waals surface area contributed by atoms with Gasteiger partial charge in [-0.3, -0.25) is 14.5 Å². The molecule has 0 unspecified atom stereocenters. The second-order valence-corrected chi connectivity index (χ2v) is 7.45. The molecule has 29 heavy (non-hydrogen) atoms. The first-order chi connectivity index (χ1) is 14.0. The second-order valence-electron chi connectivity index (χ2n) is 6.53. The molecule has 1 fully saturated rings. The van der Waals surface area contributed by atoms with Crippen LogP contribution < -0.4 is 4.90 Å². The molecule has 144 valence electrons. The average molecular weight is 452 g/mol. The molecule has 0 radical (unpaired) electrons. The number of hydrogen-bond acceptors (Lipinski definition) is 3. The Balaban J connectivity index is 1.97. The van der Waals surface area contributed by atoms with Gasteiger partial charge in [-0.2, -0.15) is 0 Å². The van der Waals surface area contributed by atoms with E-state index in [4.69, 9.17) is 0 Å². The van der Waals surface area contributed by atoms with Crippen molar-refractivity contribution in [1.82, 2.24) is 0 Å². The monoisotopic (exact) mass is 451 g/mol. The Labute approximate surface area is 175 Å². The van der Waals surface area contributed by atoms with Crippen LogP contribution in [0.2, 0.25) is 0 Å². The number of halogens is 2. The Morgan fingerprint density at radius 2 is 1.52 bits per heavy atom. The van der Waals surface area contributed by atoms with E-state index >= 15 is 0 Å². The lowest BCUT2D eigenvalue weighted by molar-refractivity contribution is -0.132. The molecule has 3 aromatic rings. The fourth-order valence-electron chi connectivity index (χ4n) is 3.44. The molecule has 4 nitrogen and oxygen atoms in total. The third-order valence-electron chi connectivity index (χ3n) is 4.80. The number of Topliss-reactive ketones (excluding diaryl/α,β-unsaturated/α-hetero) is 1. The number of ketones is 1. The summed E-state index contributed by atoms with van der Waals surface area (Å²) in [6.45, 7) is 0. The molecule has 1 amide bonds. The van der Waals surface area contributed by atoms with Crippen molar-refractivity contribution in [3.8, 4) is 0 Å². The lowest BCUT2D eigenvalue weighted by Gasteiger charge is -2.25. The molecule has 3 aromatic carbocycles. The molecule has 1 heterocycles. The summed E-state index contributed by atoms with van der Waals surface area (Å²) < 4.78 is 15.5. The predicted molar refractivity (Wildman–Crippen MR) is 112 cm³/mol.